The summed E-state index contributed by atoms with van der Waals surface area (Å²) in [5, 5.41) is 12.3. The van der Waals surface area contributed by atoms with E-state index in [9.17, 15) is 4.79 Å². The second-order valence-electron chi connectivity index (χ2n) is 6.79. The highest BCUT2D eigenvalue weighted by molar-refractivity contribution is 5.94. The van der Waals surface area contributed by atoms with E-state index in [0.29, 0.717) is 17.3 Å². The first kappa shape index (κ1) is 17.1. The molecule has 0 fully saturated rings. The van der Waals surface area contributed by atoms with E-state index in [1.165, 1.54) is 0 Å². The van der Waals surface area contributed by atoms with Crippen molar-refractivity contribution in [2.75, 3.05) is 0 Å². The molecule has 0 spiro atoms. The van der Waals surface area contributed by atoms with Crippen molar-refractivity contribution in [2.45, 2.75) is 40.2 Å². The van der Waals surface area contributed by atoms with Crippen LogP contribution in [0.5, 0.6) is 0 Å². The maximum Gasteiger partial charge on any atom is 0.273 e. The fourth-order valence-corrected chi connectivity index (χ4v) is 3.08. The molecular formula is C19H23N5O. The van der Waals surface area contributed by atoms with Crippen molar-refractivity contribution in [1.29, 1.82) is 0 Å². The van der Waals surface area contributed by atoms with E-state index in [4.69, 9.17) is 0 Å². The maximum atomic E-state index is 12.5. The summed E-state index contributed by atoms with van der Waals surface area (Å²) in [4.78, 5) is 17.0. The molecule has 130 valence electrons. The monoisotopic (exact) mass is 337 g/mol. The van der Waals surface area contributed by atoms with Gasteiger partial charge in [0.15, 0.2) is 5.69 Å². The molecule has 1 atom stereocenters. The van der Waals surface area contributed by atoms with E-state index in [2.05, 4.69) is 34.5 Å². The molecule has 6 heteroatoms. The van der Waals surface area contributed by atoms with E-state index >= 15 is 0 Å². The number of nitrogens with zero attached hydrogens (tertiary/aromatic N) is 4. The minimum absolute atomic E-state index is 0.0938. The van der Waals surface area contributed by atoms with Gasteiger partial charge in [0.05, 0.1) is 16.9 Å². The third kappa shape index (κ3) is 3.52. The molecule has 0 aliphatic rings. The average Bonchev–Trinajstić information content (AvgIpc) is 2.95. The normalized spacial score (nSPS) is 12.5. The number of rotatable bonds is 5. The Morgan fingerprint density at radius 2 is 1.96 bits per heavy atom. The number of aromatic nitrogens is 4. The molecule has 0 unspecified atom stereocenters. The largest absolute Gasteiger partial charge is 0.348 e. The van der Waals surface area contributed by atoms with Crippen molar-refractivity contribution in [3.05, 3.63) is 47.9 Å². The zero-order valence-corrected chi connectivity index (χ0v) is 15.0. The van der Waals surface area contributed by atoms with E-state index < -0.39 is 0 Å². The number of pyridine rings is 1. The Morgan fingerprint density at radius 3 is 2.72 bits per heavy atom. The van der Waals surface area contributed by atoms with Gasteiger partial charge >= 0.3 is 0 Å². The van der Waals surface area contributed by atoms with Crippen molar-refractivity contribution in [3.8, 4) is 5.69 Å². The van der Waals surface area contributed by atoms with Gasteiger partial charge in [-0.1, -0.05) is 37.3 Å². The molecule has 2 aromatic heterocycles. The van der Waals surface area contributed by atoms with Gasteiger partial charge in [-0.05, 0) is 38.3 Å². The van der Waals surface area contributed by atoms with Crippen molar-refractivity contribution in [2.24, 2.45) is 5.92 Å². The standard InChI is InChI=1S/C19H23N5O/c1-12(2)11-13(3)21-19(25)17-14(4)24(23-22-17)16-9-5-7-15-8-6-10-20-18(15)16/h5-10,12-13H,11H2,1-4H3,(H,21,25)/t13-/m0/s1. The van der Waals surface area contributed by atoms with Crippen molar-refractivity contribution in [1.82, 2.24) is 25.3 Å². The third-order valence-corrected chi connectivity index (χ3v) is 4.15. The van der Waals surface area contributed by atoms with Gasteiger partial charge in [-0.25, -0.2) is 4.68 Å². The summed E-state index contributed by atoms with van der Waals surface area (Å²) in [6, 6.07) is 9.87. The zero-order valence-electron chi connectivity index (χ0n) is 15.0. The molecule has 0 aliphatic heterocycles. The zero-order chi connectivity index (χ0) is 18.0. The summed E-state index contributed by atoms with van der Waals surface area (Å²) in [6.45, 7) is 8.13. The number of benzene rings is 1. The smallest absolute Gasteiger partial charge is 0.273 e. The number of nitrogens with one attached hydrogen (secondary N) is 1. The highest BCUT2D eigenvalue weighted by atomic mass is 16.2. The molecule has 0 radical (unpaired) electrons. The van der Waals surface area contributed by atoms with Gasteiger partial charge in [0.2, 0.25) is 0 Å². The molecule has 0 bridgehead atoms. The molecule has 2 heterocycles. The Morgan fingerprint density at radius 1 is 1.20 bits per heavy atom. The van der Waals surface area contributed by atoms with Gasteiger partial charge in [-0.3, -0.25) is 9.78 Å². The van der Waals surface area contributed by atoms with E-state index in [-0.39, 0.29) is 11.9 Å². The lowest BCUT2D eigenvalue weighted by Gasteiger charge is -2.15. The van der Waals surface area contributed by atoms with Crippen LogP contribution in [-0.4, -0.2) is 31.9 Å². The summed E-state index contributed by atoms with van der Waals surface area (Å²) >= 11 is 0. The summed E-state index contributed by atoms with van der Waals surface area (Å²) < 4.78 is 1.68. The molecule has 0 saturated carbocycles. The lowest BCUT2D eigenvalue weighted by molar-refractivity contribution is 0.0930. The SMILES string of the molecule is Cc1c(C(=O)N[C@@H](C)CC(C)C)nnn1-c1cccc2cccnc12. The lowest BCUT2D eigenvalue weighted by Crippen LogP contribution is -2.34. The van der Waals surface area contributed by atoms with Gasteiger partial charge < -0.3 is 5.32 Å². The molecule has 1 amide bonds. The highest BCUT2D eigenvalue weighted by Gasteiger charge is 2.20. The number of amides is 1. The maximum absolute atomic E-state index is 12.5. The van der Waals surface area contributed by atoms with Crippen LogP contribution in [-0.2, 0) is 0 Å². The summed E-state index contributed by atoms with van der Waals surface area (Å²) in [5.41, 5.74) is 2.70. The Bertz CT molecular complexity index is 894. The molecule has 6 nitrogen and oxygen atoms in total. The van der Waals surface area contributed by atoms with Crippen LogP contribution >= 0.6 is 0 Å². The Hall–Kier alpha value is -2.76. The Labute approximate surface area is 147 Å². The average molecular weight is 337 g/mol. The number of hydrogen-bond donors (Lipinski definition) is 1. The molecule has 0 aliphatic carbocycles. The molecule has 3 rings (SSSR count). The van der Waals surface area contributed by atoms with Gasteiger partial charge in [-0.2, -0.15) is 0 Å². The van der Waals surface area contributed by atoms with E-state index in [1.54, 1.807) is 10.9 Å². The van der Waals surface area contributed by atoms with Crippen molar-refractivity contribution >= 4 is 16.8 Å². The van der Waals surface area contributed by atoms with Crippen LogP contribution in [0.2, 0.25) is 0 Å². The fourth-order valence-electron chi connectivity index (χ4n) is 3.08. The van der Waals surface area contributed by atoms with E-state index in [0.717, 1.165) is 23.0 Å². The number of hydrogen-bond acceptors (Lipinski definition) is 4. The quantitative estimate of drug-likeness (QED) is 0.775. The van der Waals surface area contributed by atoms with Crippen LogP contribution in [0.25, 0.3) is 16.6 Å². The molecular weight excluding hydrogens is 314 g/mol. The number of fused-ring (bicyclic) bond motifs is 1. The number of para-hydroxylation sites is 1. The lowest BCUT2D eigenvalue weighted by atomic mass is 10.1. The fraction of sp³-hybridized carbons (Fsp3) is 0.368. The third-order valence-electron chi connectivity index (χ3n) is 4.15. The minimum atomic E-state index is -0.190. The molecule has 0 saturated heterocycles. The van der Waals surface area contributed by atoms with Gasteiger partial charge in [0, 0.05) is 17.6 Å². The number of carbonyl (C=O) groups excluding carboxylic acids is 1. The highest BCUT2D eigenvalue weighted by Crippen LogP contribution is 2.21. The summed E-state index contributed by atoms with van der Waals surface area (Å²) in [6.07, 6.45) is 2.67. The first-order chi connectivity index (χ1) is 12.0. The van der Waals surface area contributed by atoms with Crippen LogP contribution in [0.4, 0.5) is 0 Å². The minimum Gasteiger partial charge on any atom is -0.348 e. The first-order valence-corrected chi connectivity index (χ1v) is 8.54. The van der Waals surface area contributed by atoms with Crippen LogP contribution in [0, 0.1) is 12.8 Å². The van der Waals surface area contributed by atoms with Crippen molar-refractivity contribution in [3.63, 3.8) is 0 Å². The summed E-state index contributed by atoms with van der Waals surface area (Å²) in [7, 11) is 0. The van der Waals surface area contributed by atoms with Gasteiger partial charge in [0.25, 0.3) is 5.91 Å². The predicted molar refractivity (Wildman–Crippen MR) is 97.8 cm³/mol. The van der Waals surface area contributed by atoms with Crippen molar-refractivity contribution < 1.29 is 4.79 Å². The van der Waals surface area contributed by atoms with Crippen LogP contribution in [0.3, 0.4) is 0 Å². The summed E-state index contributed by atoms with van der Waals surface area (Å²) in [5.74, 6) is 0.332. The second kappa shape index (κ2) is 7.01. The predicted octanol–water partition coefficient (Wildman–Crippen LogP) is 3.29. The van der Waals surface area contributed by atoms with Crippen LogP contribution < -0.4 is 5.32 Å². The molecule has 1 N–H and O–H groups in total. The Kier molecular flexibility index (Phi) is 4.79. The molecule has 25 heavy (non-hydrogen) atoms. The van der Waals surface area contributed by atoms with Crippen LogP contribution in [0.1, 0.15) is 43.4 Å². The molecule has 1 aromatic carbocycles. The van der Waals surface area contributed by atoms with Gasteiger partial charge in [-0.15, -0.1) is 5.10 Å². The van der Waals surface area contributed by atoms with Crippen LogP contribution in [0.15, 0.2) is 36.5 Å². The van der Waals surface area contributed by atoms with Gasteiger partial charge in [0.1, 0.15) is 0 Å². The topological polar surface area (TPSA) is 72.7 Å². The molecule has 3 aromatic rings. The van der Waals surface area contributed by atoms with E-state index in [1.807, 2.05) is 44.2 Å². The second-order valence-corrected chi connectivity index (χ2v) is 6.79. The number of carbonyl (C=O) groups is 1. The Balaban J connectivity index is 1.92. The first-order valence-electron chi connectivity index (χ1n) is 8.54.